The number of hydrogen-bond acceptors (Lipinski definition) is 5. The second-order valence-electron chi connectivity index (χ2n) is 5.43. The third-order valence-corrected chi connectivity index (χ3v) is 3.79. The highest BCUT2D eigenvalue weighted by molar-refractivity contribution is 5.91. The highest BCUT2D eigenvalue weighted by Gasteiger charge is 2.18. The van der Waals surface area contributed by atoms with Gasteiger partial charge in [-0.2, -0.15) is 5.10 Å². The van der Waals surface area contributed by atoms with Gasteiger partial charge in [0.2, 0.25) is 0 Å². The quantitative estimate of drug-likeness (QED) is 0.811. The van der Waals surface area contributed by atoms with Gasteiger partial charge in [0, 0.05) is 6.61 Å². The van der Waals surface area contributed by atoms with E-state index in [9.17, 15) is 4.79 Å². The van der Waals surface area contributed by atoms with Crippen LogP contribution in [0.2, 0.25) is 0 Å². The molecular formula is C16H19N3O3. The molecule has 0 amide bonds. The lowest BCUT2D eigenvalue weighted by atomic mass is 10.1. The van der Waals surface area contributed by atoms with Crippen LogP contribution in [0.15, 0.2) is 30.9 Å². The van der Waals surface area contributed by atoms with Gasteiger partial charge in [0.15, 0.2) is 0 Å². The van der Waals surface area contributed by atoms with Gasteiger partial charge in [-0.15, -0.1) is 0 Å². The normalized spacial score (nSPS) is 18.1. The molecule has 6 heteroatoms. The molecule has 0 spiro atoms. The minimum absolute atomic E-state index is 0.0347. The summed E-state index contributed by atoms with van der Waals surface area (Å²) in [7, 11) is 0. The van der Waals surface area contributed by atoms with Gasteiger partial charge in [0.25, 0.3) is 0 Å². The summed E-state index contributed by atoms with van der Waals surface area (Å²) in [4.78, 5) is 16.1. The third kappa shape index (κ3) is 3.33. The predicted molar refractivity (Wildman–Crippen MR) is 80.0 cm³/mol. The highest BCUT2D eigenvalue weighted by Crippen LogP contribution is 2.17. The van der Waals surface area contributed by atoms with E-state index in [-0.39, 0.29) is 12.1 Å². The molecule has 1 unspecified atom stereocenters. The van der Waals surface area contributed by atoms with Gasteiger partial charge in [0.05, 0.1) is 17.4 Å². The van der Waals surface area contributed by atoms with Gasteiger partial charge >= 0.3 is 5.97 Å². The molecule has 0 saturated carbocycles. The Kier molecular flexibility index (Phi) is 4.48. The topological polar surface area (TPSA) is 66.2 Å². The second-order valence-corrected chi connectivity index (χ2v) is 5.43. The van der Waals surface area contributed by atoms with Crippen LogP contribution in [0, 0.1) is 6.92 Å². The van der Waals surface area contributed by atoms with Crippen LogP contribution in [0.1, 0.15) is 35.2 Å². The Morgan fingerprint density at radius 2 is 2.36 bits per heavy atom. The first kappa shape index (κ1) is 14.7. The molecule has 1 aromatic carbocycles. The molecule has 22 heavy (non-hydrogen) atoms. The van der Waals surface area contributed by atoms with E-state index in [1.807, 2.05) is 19.1 Å². The molecule has 2 aromatic rings. The summed E-state index contributed by atoms with van der Waals surface area (Å²) in [6.07, 6.45) is 6.31. The van der Waals surface area contributed by atoms with Crippen molar-refractivity contribution in [2.45, 2.75) is 32.3 Å². The van der Waals surface area contributed by atoms with Crippen LogP contribution in [-0.4, -0.2) is 40.1 Å². The molecule has 2 heterocycles. The summed E-state index contributed by atoms with van der Waals surface area (Å²) in [6.45, 7) is 2.96. The lowest BCUT2D eigenvalue weighted by Crippen LogP contribution is -2.26. The largest absolute Gasteiger partial charge is 0.459 e. The van der Waals surface area contributed by atoms with Crippen molar-refractivity contribution in [1.29, 1.82) is 0 Å². The van der Waals surface area contributed by atoms with Gasteiger partial charge in [-0.05, 0) is 49.9 Å². The fourth-order valence-corrected chi connectivity index (χ4v) is 2.55. The van der Waals surface area contributed by atoms with Crippen molar-refractivity contribution in [2.24, 2.45) is 0 Å². The van der Waals surface area contributed by atoms with Crippen LogP contribution in [-0.2, 0) is 9.47 Å². The van der Waals surface area contributed by atoms with Crippen LogP contribution in [0.3, 0.4) is 0 Å². The van der Waals surface area contributed by atoms with E-state index < -0.39 is 0 Å². The predicted octanol–water partition coefficient (Wildman–Crippen LogP) is 2.30. The van der Waals surface area contributed by atoms with Crippen LogP contribution >= 0.6 is 0 Å². The van der Waals surface area contributed by atoms with Crippen molar-refractivity contribution in [2.75, 3.05) is 13.2 Å². The molecule has 1 aromatic heterocycles. The number of nitrogens with zero attached hydrogens (tertiary/aromatic N) is 3. The average molecular weight is 301 g/mol. The summed E-state index contributed by atoms with van der Waals surface area (Å²) in [6, 6.07) is 5.48. The standard InChI is InChI=1S/C16H19N3O3/c1-12-8-13(19-11-17-10-18-19)5-6-15(12)16(20)22-9-14-4-2-3-7-21-14/h5-6,8,10-11,14H,2-4,7,9H2,1H3. The minimum Gasteiger partial charge on any atom is -0.459 e. The summed E-state index contributed by atoms with van der Waals surface area (Å²) in [5, 5.41) is 4.07. The Bertz CT molecular complexity index is 634. The van der Waals surface area contributed by atoms with Crippen molar-refractivity contribution in [3.05, 3.63) is 42.0 Å². The maximum Gasteiger partial charge on any atom is 0.338 e. The molecule has 6 nitrogen and oxygen atoms in total. The lowest BCUT2D eigenvalue weighted by Gasteiger charge is -2.22. The summed E-state index contributed by atoms with van der Waals surface area (Å²) in [5.74, 6) is -0.309. The molecule has 0 N–H and O–H groups in total. The van der Waals surface area contributed by atoms with E-state index in [0.717, 1.165) is 37.1 Å². The van der Waals surface area contributed by atoms with Crippen LogP contribution in [0.5, 0.6) is 0 Å². The summed E-state index contributed by atoms with van der Waals surface area (Å²) >= 11 is 0. The van der Waals surface area contributed by atoms with Crippen molar-refractivity contribution in [1.82, 2.24) is 14.8 Å². The van der Waals surface area contributed by atoms with Gasteiger partial charge in [0.1, 0.15) is 19.3 Å². The molecule has 1 fully saturated rings. The summed E-state index contributed by atoms with van der Waals surface area (Å²) < 4.78 is 12.6. The monoisotopic (exact) mass is 301 g/mol. The molecule has 0 bridgehead atoms. The van der Waals surface area contributed by atoms with Crippen molar-refractivity contribution in [3.8, 4) is 5.69 Å². The van der Waals surface area contributed by atoms with Gasteiger partial charge in [-0.3, -0.25) is 0 Å². The Morgan fingerprint density at radius 3 is 3.05 bits per heavy atom. The van der Waals surface area contributed by atoms with Crippen LogP contribution < -0.4 is 0 Å². The molecular weight excluding hydrogens is 282 g/mol. The minimum atomic E-state index is -0.309. The smallest absolute Gasteiger partial charge is 0.338 e. The number of rotatable bonds is 4. The van der Waals surface area contributed by atoms with E-state index in [0.29, 0.717) is 12.2 Å². The first-order valence-electron chi connectivity index (χ1n) is 7.48. The Labute approximate surface area is 129 Å². The molecule has 1 aliphatic heterocycles. The van der Waals surface area contributed by atoms with Crippen molar-refractivity contribution >= 4 is 5.97 Å². The number of hydrogen-bond donors (Lipinski definition) is 0. The summed E-state index contributed by atoms with van der Waals surface area (Å²) in [5.41, 5.74) is 2.28. The second kappa shape index (κ2) is 6.70. The zero-order chi connectivity index (χ0) is 15.4. The third-order valence-electron chi connectivity index (χ3n) is 3.79. The van der Waals surface area contributed by atoms with Crippen molar-refractivity contribution < 1.29 is 14.3 Å². The fourth-order valence-electron chi connectivity index (χ4n) is 2.55. The van der Waals surface area contributed by atoms with E-state index in [2.05, 4.69) is 10.1 Å². The van der Waals surface area contributed by atoms with Gasteiger partial charge < -0.3 is 9.47 Å². The van der Waals surface area contributed by atoms with E-state index in [1.165, 1.54) is 6.33 Å². The molecule has 1 saturated heterocycles. The van der Waals surface area contributed by atoms with E-state index in [4.69, 9.17) is 9.47 Å². The van der Waals surface area contributed by atoms with Crippen LogP contribution in [0.25, 0.3) is 5.69 Å². The SMILES string of the molecule is Cc1cc(-n2cncn2)ccc1C(=O)OCC1CCCCO1. The first-order valence-corrected chi connectivity index (χ1v) is 7.48. The zero-order valence-electron chi connectivity index (χ0n) is 12.6. The number of aryl methyl sites for hydroxylation is 1. The number of aromatic nitrogens is 3. The fraction of sp³-hybridized carbons (Fsp3) is 0.438. The molecule has 116 valence electrons. The maximum absolute atomic E-state index is 12.2. The number of esters is 1. The molecule has 3 rings (SSSR count). The van der Waals surface area contributed by atoms with Gasteiger partial charge in [-0.1, -0.05) is 0 Å². The number of benzene rings is 1. The van der Waals surface area contributed by atoms with E-state index in [1.54, 1.807) is 17.1 Å². The molecule has 0 aliphatic carbocycles. The molecule has 0 radical (unpaired) electrons. The van der Waals surface area contributed by atoms with Gasteiger partial charge in [-0.25, -0.2) is 14.5 Å². The maximum atomic E-state index is 12.2. The lowest BCUT2D eigenvalue weighted by molar-refractivity contribution is -0.0300. The Balaban J connectivity index is 1.65. The Morgan fingerprint density at radius 1 is 1.45 bits per heavy atom. The van der Waals surface area contributed by atoms with Crippen LogP contribution in [0.4, 0.5) is 0 Å². The Hall–Kier alpha value is -2.21. The first-order chi connectivity index (χ1) is 10.7. The highest BCUT2D eigenvalue weighted by atomic mass is 16.6. The molecule has 1 aliphatic rings. The van der Waals surface area contributed by atoms with Crippen molar-refractivity contribution in [3.63, 3.8) is 0 Å². The number of ether oxygens (including phenoxy) is 2. The average Bonchev–Trinajstić information content (AvgIpc) is 3.08. The number of carbonyl (C=O) groups excluding carboxylic acids is 1. The number of carbonyl (C=O) groups is 1. The van der Waals surface area contributed by atoms with E-state index >= 15 is 0 Å². The zero-order valence-corrected chi connectivity index (χ0v) is 12.6. The molecule has 1 atom stereocenters.